The highest BCUT2D eigenvalue weighted by atomic mass is 16.1. The standard InChI is InChI=1S/C12H23NO/c1-9(2)8-13(10(3)4)11-6-5-7-12(11)14/h9-11H,5-8H2,1-4H3. The fraction of sp³-hybridized carbons (Fsp3) is 0.917. The Bertz CT molecular complexity index is 198. The van der Waals surface area contributed by atoms with Gasteiger partial charge < -0.3 is 0 Å². The number of ketones is 1. The van der Waals surface area contributed by atoms with Gasteiger partial charge in [-0.2, -0.15) is 0 Å². The molecule has 2 heteroatoms. The minimum atomic E-state index is 0.220. The van der Waals surface area contributed by atoms with Gasteiger partial charge in [-0.25, -0.2) is 0 Å². The van der Waals surface area contributed by atoms with Gasteiger partial charge in [0.2, 0.25) is 0 Å². The molecule has 0 aromatic rings. The number of hydrogen-bond acceptors (Lipinski definition) is 2. The number of hydrogen-bond donors (Lipinski definition) is 0. The third-order valence-electron chi connectivity index (χ3n) is 2.91. The van der Waals surface area contributed by atoms with Crippen LogP contribution in [0.4, 0.5) is 0 Å². The minimum Gasteiger partial charge on any atom is -0.298 e. The van der Waals surface area contributed by atoms with Crippen molar-refractivity contribution in [3.8, 4) is 0 Å². The molecule has 2 nitrogen and oxygen atoms in total. The van der Waals surface area contributed by atoms with Crippen LogP contribution in [0.3, 0.4) is 0 Å². The van der Waals surface area contributed by atoms with Gasteiger partial charge in [-0.1, -0.05) is 13.8 Å². The van der Waals surface area contributed by atoms with Gasteiger partial charge in [0, 0.05) is 19.0 Å². The summed E-state index contributed by atoms with van der Waals surface area (Å²) in [6.45, 7) is 9.86. The minimum absolute atomic E-state index is 0.220. The van der Waals surface area contributed by atoms with Crippen LogP contribution in [-0.2, 0) is 4.79 Å². The average molecular weight is 197 g/mol. The molecule has 0 aromatic heterocycles. The summed E-state index contributed by atoms with van der Waals surface area (Å²) < 4.78 is 0. The maximum absolute atomic E-state index is 11.7. The molecular formula is C12H23NO. The third kappa shape index (κ3) is 2.81. The summed E-state index contributed by atoms with van der Waals surface area (Å²) in [5, 5.41) is 0. The normalized spacial score (nSPS) is 23.1. The first kappa shape index (κ1) is 11.7. The van der Waals surface area contributed by atoms with Crippen LogP contribution in [-0.4, -0.2) is 29.3 Å². The maximum Gasteiger partial charge on any atom is 0.149 e. The lowest BCUT2D eigenvalue weighted by atomic mass is 10.1. The van der Waals surface area contributed by atoms with Crippen molar-refractivity contribution in [1.82, 2.24) is 4.90 Å². The van der Waals surface area contributed by atoms with Crippen LogP contribution in [0.1, 0.15) is 47.0 Å². The van der Waals surface area contributed by atoms with Gasteiger partial charge in [0.1, 0.15) is 5.78 Å². The van der Waals surface area contributed by atoms with Crippen molar-refractivity contribution < 1.29 is 4.79 Å². The predicted molar refractivity (Wildman–Crippen MR) is 59.3 cm³/mol. The van der Waals surface area contributed by atoms with E-state index >= 15 is 0 Å². The van der Waals surface area contributed by atoms with E-state index in [0.717, 1.165) is 25.8 Å². The molecule has 1 unspecified atom stereocenters. The summed E-state index contributed by atoms with van der Waals surface area (Å²) in [6, 6.07) is 0.710. The Hall–Kier alpha value is -0.370. The SMILES string of the molecule is CC(C)CN(C(C)C)C1CCCC1=O. The van der Waals surface area contributed by atoms with Crippen molar-refractivity contribution in [1.29, 1.82) is 0 Å². The summed E-state index contributed by atoms with van der Waals surface area (Å²) >= 11 is 0. The molecule has 0 N–H and O–H groups in total. The molecule has 0 heterocycles. The monoisotopic (exact) mass is 197 g/mol. The number of Topliss-reactive ketones (excluding diaryl/α,β-unsaturated/α-hetero) is 1. The van der Waals surface area contributed by atoms with Crippen molar-refractivity contribution in [2.45, 2.75) is 59.0 Å². The van der Waals surface area contributed by atoms with Crippen LogP contribution < -0.4 is 0 Å². The highest BCUT2D eigenvalue weighted by Gasteiger charge is 2.31. The van der Waals surface area contributed by atoms with Crippen molar-refractivity contribution in [3.63, 3.8) is 0 Å². The quantitative estimate of drug-likeness (QED) is 0.690. The molecule has 1 aliphatic carbocycles. The molecule has 0 spiro atoms. The van der Waals surface area contributed by atoms with E-state index in [9.17, 15) is 4.79 Å². The van der Waals surface area contributed by atoms with E-state index < -0.39 is 0 Å². The zero-order valence-corrected chi connectivity index (χ0v) is 9.92. The molecule has 82 valence electrons. The van der Waals surface area contributed by atoms with Crippen LogP contribution in [0.25, 0.3) is 0 Å². The van der Waals surface area contributed by atoms with Crippen molar-refractivity contribution in [3.05, 3.63) is 0 Å². The maximum atomic E-state index is 11.7. The van der Waals surface area contributed by atoms with Crippen LogP contribution in [0.15, 0.2) is 0 Å². The smallest absolute Gasteiger partial charge is 0.149 e. The molecule has 1 fully saturated rings. The Morgan fingerprint density at radius 2 is 2.00 bits per heavy atom. The summed E-state index contributed by atoms with van der Waals surface area (Å²) in [7, 11) is 0. The lowest BCUT2D eigenvalue weighted by molar-refractivity contribution is -0.122. The lowest BCUT2D eigenvalue weighted by Gasteiger charge is -2.32. The Labute approximate surface area is 87.7 Å². The van der Waals surface area contributed by atoms with E-state index in [0.29, 0.717) is 17.7 Å². The van der Waals surface area contributed by atoms with E-state index in [4.69, 9.17) is 0 Å². The average Bonchev–Trinajstić information content (AvgIpc) is 2.46. The molecule has 0 saturated heterocycles. The van der Waals surface area contributed by atoms with E-state index in [-0.39, 0.29) is 6.04 Å². The second kappa shape index (κ2) is 4.92. The summed E-state index contributed by atoms with van der Waals surface area (Å²) in [6.07, 6.45) is 2.96. The Morgan fingerprint density at radius 3 is 2.36 bits per heavy atom. The highest BCUT2D eigenvalue weighted by molar-refractivity contribution is 5.85. The Balaban J connectivity index is 2.61. The summed E-state index contributed by atoms with van der Waals surface area (Å²) in [5.41, 5.74) is 0. The first-order valence-electron chi connectivity index (χ1n) is 5.80. The molecule has 1 rings (SSSR count). The molecule has 14 heavy (non-hydrogen) atoms. The van der Waals surface area contributed by atoms with Gasteiger partial charge in [-0.15, -0.1) is 0 Å². The van der Waals surface area contributed by atoms with Gasteiger partial charge in [-0.3, -0.25) is 9.69 Å². The van der Waals surface area contributed by atoms with Crippen LogP contribution in [0.2, 0.25) is 0 Å². The fourth-order valence-corrected chi connectivity index (χ4v) is 2.27. The first-order valence-corrected chi connectivity index (χ1v) is 5.80. The van der Waals surface area contributed by atoms with Gasteiger partial charge >= 0.3 is 0 Å². The van der Waals surface area contributed by atoms with E-state index in [1.165, 1.54) is 0 Å². The Kier molecular flexibility index (Phi) is 4.11. The number of carbonyl (C=O) groups is 1. The zero-order chi connectivity index (χ0) is 10.7. The topological polar surface area (TPSA) is 20.3 Å². The van der Waals surface area contributed by atoms with Crippen molar-refractivity contribution >= 4 is 5.78 Å². The predicted octanol–water partition coefficient (Wildman–Crippen LogP) is 2.47. The van der Waals surface area contributed by atoms with Gasteiger partial charge in [-0.05, 0) is 32.6 Å². The van der Waals surface area contributed by atoms with Crippen LogP contribution >= 0.6 is 0 Å². The molecule has 1 saturated carbocycles. The first-order chi connectivity index (χ1) is 6.52. The third-order valence-corrected chi connectivity index (χ3v) is 2.91. The second-order valence-corrected chi connectivity index (χ2v) is 5.06. The molecular weight excluding hydrogens is 174 g/mol. The number of nitrogens with zero attached hydrogens (tertiary/aromatic N) is 1. The van der Waals surface area contributed by atoms with Gasteiger partial charge in [0.25, 0.3) is 0 Å². The van der Waals surface area contributed by atoms with Crippen LogP contribution in [0.5, 0.6) is 0 Å². The molecule has 0 bridgehead atoms. The second-order valence-electron chi connectivity index (χ2n) is 5.06. The van der Waals surface area contributed by atoms with Gasteiger partial charge in [0.15, 0.2) is 0 Å². The van der Waals surface area contributed by atoms with Gasteiger partial charge in [0.05, 0.1) is 6.04 Å². The van der Waals surface area contributed by atoms with Crippen molar-refractivity contribution in [2.75, 3.05) is 6.54 Å². The molecule has 0 amide bonds. The van der Waals surface area contributed by atoms with Crippen molar-refractivity contribution in [2.24, 2.45) is 5.92 Å². The van der Waals surface area contributed by atoms with E-state index in [1.54, 1.807) is 0 Å². The van der Waals surface area contributed by atoms with E-state index in [1.807, 2.05) is 0 Å². The van der Waals surface area contributed by atoms with Crippen LogP contribution in [0, 0.1) is 5.92 Å². The molecule has 0 aliphatic heterocycles. The zero-order valence-electron chi connectivity index (χ0n) is 9.92. The largest absolute Gasteiger partial charge is 0.298 e. The number of carbonyl (C=O) groups excluding carboxylic acids is 1. The fourth-order valence-electron chi connectivity index (χ4n) is 2.27. The lowest BCUT2D eigenvalue weighted by Crippen LogP contribution is -2.44. The molecule has 1 aliphatic rings. The molecule has 0 radical (unpaired) electrons. The Morgan fingerprint density at radius 1 is 1.36 bits per heavy atom. The summed E-state index contributed by atoms with van der Waals surface area (Å²) in [4.78, 5) is 14.0. The van der Waals surface area contributed by atoms with E-state index in [2.05, 4.69) is 32.6 Å². The highest BCUT2D eigenvalue weighted by Crippen LogP contribution is 2.23. The number of rotatable bonds is 4. The summed E-state index contributed by atoms with van der Waals surface area (Å²) in [5.74, 6) is 1.10. The molecule has 0 aromatic carbocycles. The molecule has 1 atom stereocenters.